The van der Waals surface area contributed by atoms with E-state index in [4.69, 9.17) is 94.2 Å². The molecule has 29 nitrogen and oxygen atoms in total. The Morgan fingerprint density at radius 3 is 0.947 bits per heavy atom. The summed E-state index contributed by atoms with van der Waals surface area (Å²) in [6, 6.07) is 92.9. The van der Waals surface area contributed by atoms with Crippen LogP contribution in [-0.2, 0) is 175 Å². The predicted octanol–water partition coefficient (Wildman–Crippen LogP) is 11.3. The van der Waals surface area contributed by atoms with Gasteiger partial charge in [0.25, 0.3) is 0 Å². The van der Waals surface area contributed by atoms with E-state index in [1.165, 1.54) is 6.92 Å². The van der Waals surface area contributed by atoms with Crippen molar-refractivity contribution in [3.05, 3.63) is 359 Å². The highest BCUT2D eigenvalue weighted by atomic mass is 32.3. The van der Waals surface area contributed by atoms with Crippen LogP contribution >= 0.6 is 0 Å². The monoisotopic (exact) mass is 1830 g/mol. The minimum absolute atomic E-state index is 0.0105. The molecule has 25 atom stereocenters. The highest BCUT2D eigenvalue weighted by Crippen LogP contribution is 2.42. The molecule has 5 fully saturated rings. The molecule has 0 radical (unpaired) electrons. The van der Waals surface area contributed by atoms with Crippen molar-refractivity contribution in [3.63, 3.8) is 0 Å². The Morgan fingerprint density at radius 1 is 0.295 bits per heavy atom. The molecule has 0 bridgehead atoms. The van der Waals surface area contributed by atoms with Crippen LogP contribution in [0.3, 0.4) is 0 Å². The topological polar surface area (TPSA) is 349 Å². The fourth-order valence-electron chi connectivity index (χ4n) is 16.7. The van der Waals surface area contributed by atoms with Crippen LogP contribution in [0.2, 0.25) is 0 Å². The molecule has 30 heteroatoms. The summed E-state index contributed by atoms with van der Waals surface area (Å²) in [5.74, 6) is -0.720. The highest BCUT2D eigenvalue weighted by molar-refractivity contribution is 7.80. The number of aliphatic hydroxyl groups is 4. The molecule has 0 saturated carbocycles. The van der Waals surface area contributed by atoms with Crippen LogP contribution in [0.4, 0.5) is 0 Å². The van der Waals surface area contributed by atoms with E-state index in [1.54, 1.807) is 6.92 Å². The molecule has 5 heterocycles. The average molecular weight is 1840 g/mol. The maximum absolute atomic E-state index is 14.9. The lowest BCUT2D eigenvalue weighted by atomic mass is 9.93. The van der Waals surface area contributed by atoms with Gasteiger partial charge in [-0.25, -0.2) is 4.18 Å². The Balaban J connectivity index is 0.881. The molecule has 702 valence electrons. The quantitative estimate of drug-likeness (QED) is 0.0193. The highest BCUT2D eigenvalue weighted by Gasteiger charge is 2.60. The van der Waals surface area contributed by atoms with E-state index in [0.29, 0.717) is 11.1 Å². The lowest BCUT2D eigenvalue weighted by Crippen LogP contribution is -2.71. The maximum Gasteiger partial charge on any atom is 0.397 e. The predicted molar refractivity (Wildman–Crippen MR) is 477 cm³/mol. The molecular formula is C102H115NO28S. The van der Waals surface area contributed by atoms with Crippen molar-refractivity contribution in [2.24, 2.45) is 0 Å². The van der Waals surface area contributed by atoms with Gasteiger partial charge in [0.05, 0.1) is 98.6 Å². The molecular weight excluding hydrogens is 1720 g/mol. The standard InChI is InChI=1S/C102H115NO28S/c1-67-87(115-57-72-39-19-6-20-40-72)93(116-58-73-41-21-7-22-42-73)97(120-62-77-49-29-11-30-50-77)101(122-67)129-90-83(103-68(2)105)98(125-81(65-113-55-70-35-15-4-16-36-70)88(90)127-99-86(108)91(131-132(109,110)111)84(106)79(53-104)123-99)130-92-85(107)80(64-112-54-69-33-13-3-14-34-69)124-102(95(92)118-60-75-45-25-9-26-46-75)128-89-82(66-114-56-71-37-17-5-18-38-71)126-100(121-63-78-51-31-12-32-52-78)96(119-61-76-47-27-10-28-48-76)94(89)117-59-74-43-23-8-24-44-74/h3-52,67,79-102,104,106-108H,53-66H2,1-2H3,(H,103,105)(H,109,110,111)/t67-,79+,80+,81+,82+,83+,84-,85-,86+,87+,88+,89+,90+,91-,92-,93+,94-,95+,96+,97-,98-,99-,100+,101-,102-/m0/s1. The van der Waals surface area contributed by atoms with E-state index >= 15 is 0 Å². The third kappa shape index (κ3) is 27.5. The molecule has 132 heavy (non-hydrogen) atoms. The second-order valence-electron chi connectivity index (χ2n) is 33.0. The molecule has 5 aliphatic heterocycles. The van der Waals surface area contributed by atoms with Crippen LogP contribution in [0.25, 0.3) is 0 Å². The second-order valence-corrected chi connectivity index (χ2v) is 34.1. The van der Waals surface area contributed by atoms with Crippen molar-refractivity contribution in [1.29, 1.82) is 0 Å². The van der Waals surface area contributed by atoms with Crippen molar-refractivity contribution in [2.75, 3.05) is 26.4 Å². The van der Waals surface area contributed by atoms with Gasteiger partial charge in [-0.2, -0.15) is 8.42 Å². The second kappa shape index (κ2) is 49.2. The van der Waals surface area contributed by atoms with Gasteiger partial charge in [0.1, 0.15) is 116 Å². The molecule has 5 aliphatic rings. The first-order valence-corrected chi connectivity index (χ1v) is 45.8. The number of rotatable bonds is 45. The largest absolute Gasteiger partial charge is 0.397 e. The van der Waals surface area contributed by atoms with Crippen LogP contribution in [0.15, 0.2) is 303 Å². The minimum Gasteiger partial charge on any atom is -0.394 e. The van der Waals surface area contributed by atoms with E-state index in [-0.39, 0.29) is 79.3 Å². The fourth-order valence-corrected chi connectivity index (χ4v) is 17.2. The first-order valence-electron chi connectivity index (χ1n) is 44.4. The summed E-state index contributed by atoms with van der Waals surface area (Å²) in [5, 5.41) is 52.0. The van der Waals surface area contributed by atoms with Gasteiger partial charge in [-0.3, -0.25) is 9.35 Å². The summed E-state index contributed by atoms with van der Waals surface area (Å²) >= 11 is 0. The number of carbonyl (C=O) groups is 1. The molecule has 0 aliphatic carbocycles. The Hall–Kier alpha value is -9.38. The Morgan fingerprint density at radius 2 is 0.568 bits per heavy atom. The number of hydrogen-bond acceptors (Lipinski definition) is 27. The van der Waals surface area contributed by atoms with Gasteiger partial charge >= 0.3 is 10.4 Å². The van der Waals surface area contributed by atoms with Gasteiger partial charge in [-0.1, -0.05) is 303 Å². The van der Waals surface area contributed by atoms with E-state index in [1.807, 2.05) is 303 Å². The summed E-state index contributed by atoms with van der Waals surface area (Å²) in [4.78, 5) is 14.9. The zero-order valence-corrected chi connectivity index (χ0v) is 74.1. The lowest BCUT2D eigenvalue weighted by Gasteiger charge is -2.53. The molecule has 0 spiro atoms. The van der Waals surface area contributed by atoms with Crippen molar-refractivity contribution < 1.29 is 132 Å². The first kappa shape index (κ1) is 97.2. The molecule has 5 saturated heterocycles. The van der Waals surface area contributed by atoms with Crippen LogP contribution in [0, 0.1) is 0 Å². The zero-order chi connectivity index (χ0) is 91.4. The summed E-state index contributed by atoms with van der Waals surface area (Å²) in [7, 11) is -5.50. The molecule has 6 N–H and O–H groups in total. The Kier molecular flexibility index (Phi) is 36.2. The van der Waals surface area contributed by atoms with Crippen LogP contribution < -0.4 is 5.32 Å². The van der Waals surface area contributed by atoms with Gasteiger partial charge in [0, 0.05) is 6.92 Å². The van der Waals surface area contributed by atoms with Crippen molar-refractivity contribution in [1.82, 2.24) is 5.32 Å². The number of hydrogen-bond donors (Lipinski definition) is 6. The number of carbonyl (C=O) groups excluding carboxylic acids is 1. The van der Waals surface area contributed by atoms with Gasteiger partial charge in [0.2, 0.25) is 5.91 Å². The molecule has 10 aromatic carbocycles. The maximum atomic E-state index is 14.9. The van der Waals surface area contributed by atoms with Crippen molar-refractivity contribution in [2.45, 2.75) is 233 Å². The normalized spacial score (nSPS) is 29.2. The number of ether oxygens (including phenoxy) is 19. The van der Waals surface area contributed by atoms with Crippen molar-refractivity contribution >= 4 is 16.3 Å². The Labute approximate surface area is 768 Å². The molecule has 1 amide bonds. The van der Waals surface area contributed by atoms with Gasteiger partial charge in [-0.15, -0.1) is 0 Å². The summed E-state index contributed by atoms with van der Waals surface area (Å²) < 4.78 is 176. The minimum atomic E-state index is -5.50. The number of benzene rings is 10. The Bertz CT molecular complexity index is 5100. The van der Waals surface area contributed by atoms with E-state index in [0.717, 1.165) is 44.5 Å². The van der Waals surface area contributed by atoms with Gasteiger partial charge in [-0.05, 0) is 62.6 Å². The zero-order valence-electron chi connectivity index (χ0n) is 73.2. The number of aliphatic hydroxyl groups excluding tert-OH is 4. The third-order valence-electron chi connectivity index (χ3n) is 23.3. The fraction of sp³-hybridized carbons (Fsp3) is 0.402. The smallest absolute Gasteiger partial charge is 0.394 e. The van der Waals surface area contributed by atoms with E-state index in [2.05, 4.69) is 5.32 Å². The number of nitrogens with one attached hydrogen (secondary N) is 1. The third-order valence-corrected chi connectivity index (χ3v) is 23.8. The van der Waals surface area contributed by atoms with Gasteiger partial charge in [0.15, 0.2) is 31.5 Å². The van der Waals surface area contributed by atoms with Crippen LogP contribution in [0.1, 0.15) is 69.5 Å². The summed E-state index contributed by atoms with van der Waals surface area (Å²) in [5.41, 5.74) is 7.83. The average Bonchev–Trinajstić information content (AvgIpc) is 0.755. The SMILES string of the molecule is CC(=O)N[C@H]1[C@H](O[C@H]2[C@@H](O)[C@@H](COCc3ccccc3)O[C@@H](O[C@H]3[C@H](OCc4ccccc4)[C@@H](OCc4ccccc4)[C@H](OCc4ccccc4)O[C@@H]3COCc3ccccc3)[C@@H]2OCc2ccccc2)O[C@H](COCc2ccccc2)[C@@H](O[C@@H]2O[C@H](CO)[C@H](O)[C@H](OS(=O)(=O)O)[C@H]2O)[C@@H]1O[C@@H]1O[C@@H](C)[C@@H](OCc2ccccc2)[C@@H](OCc2ccccc2)[C@@H]1OCc1ccccc1. The van der Waals surface area contributed by atoms with Gasteiger partial charge < -0.3 is 116 Å². The van der Waals surface area contributed by atoms with E-state index < -0.39 is 183 Å². The van der Waals surface area contributed by atoms with Crippen molar-refractivity contribution in [3.8, 4) is 0 Å². The van der Waals surface area contributed by atoms with E-state index in [9.17, 15) is 38.2 Å². The molecule has 15 rings (SSSR count). The molecule has 0 aromatic heterocycles. The first-order chi connectivity index (χ1) is 64.5. The molecule has 10 aromatic rings. The van der Waals surface area contributed by atoms with Crippen LogP contribution in [-0.4, -0.2) is 219 Å². The van der Waals surface area contributed by atoms with Crippen LogP contribution in [0.5, 0.6) is 0 Å². The number of amides is 1. The summed E-state index contributed by atoms with van der Waals surface area (Å²) in [6.07, 6.45) is -37.6. The molecule has 0 unspecified atom stereocenters. The summed E-state index contributed by atoms with van der Waals surface area (Å²) in [6.45, 7) is 1.10. The lowest BCUT2D eigenvalue weighted by molar-refractivity contribution is -0.399.